The average molecular weight is 378 g/mol. The standard InChI is InChI=1S/C18H20BrNO3/c1-11-8-15(16(22-5)10-20-11)14-9-12(19)6-7-13(14)17(21)23-18(2,3)4/h6-10H,1-5H3. The number of hydrogen-bond donors (Lipinski definition) is 0. The van der Waals surface area contributed by atoms with Gasteiger partial charge in [0.25, 0.3) is 0 Å². The highest BCUT2D eigenvalue weighted by Gasteiger charge is 2.22. The highest BCUT2D eigenvalue weighted by atomic mass is 79.9. The molecule has 0 spiro atoms. The smallest absolute Gasteiger partial charge is 0.339 e. The van der Waals surface area contributed by atoms with Crippen LogP contribution in [0.4, 0.5) is 0 Å². The summed E-state index contributed by atoms with van der Waals surface area (Å²) in [5.74, 6) is 0.245. The van der Waals surface area contributed by atoms with Crippen molar-refractivity contribution in [1.82, 2.24) is 4.98 Å². The predicted octanol–water partition coefficient (Wildman–Crippen LogP) is 4.78. The Labute approximate surface area is 145 Å². The number of aryl methyl sites for hydroxylation is 1. The van der Waals surface area contributed by atoms with Crippen molar-refractivity contribution in [2.24, 2.45) is 0 Å². The number of hydrogen-bond acceptors (Lipinski definition) is 4. The van der Waals surface area contributed by atoms with E-state index >= 15 is 0 Å². The van der Waals surface area contributed by atoms with Crippen molar-refractivity contribution in [3.8, 4) is 16.9 Å². The Morgan fingerprint density at radius 1 is 1.17 bits per heavy atom. The van der Waals surface area contributed by atoms with Crippen LogP contribution < -0.4 is 4.74 Å². The fourth-order valence-electron chi connectivity index (χ4n) is 2.17. The minimum Gasteiger partial charge on any atom is -0.494 e. The van der Waals surface area contributed by atoms with E-state index in [0.717, 1.165) is 21.3 Å². The van der Waals surface area contributed by atoms with Gasteiger partial charge >= 0.3 is 5.97 Å². The summed E-state index contributed by atoms with van der Waals surface area (Å²) in [7, 11) is 1.58. The molecule has 0 saturated carbocycles. The monoisotopic (exact) mass is 377 g/mol. The van der Waals surface area contributed by atoms with Gasteiger partial charge in [-0.25, -0.2) is 4.79 Å². The quantitative estimate of drug-likeness (QED) is 0.721. The Kier molecular flexibility index (Phi) is 5.09. The molecule has 0 aliphatic rings. The van der Waals surface area contributed by atoms with Crippen molar-refractivity contribution in [3.63, 3.8) is 0 Å². The van der Waals surface area contributed by atoms with Crippen LogP contribution in [0.2, 0.25) is 0 Å². The first-order valence-electron chi connectivity index (χ1n) is 7.25. The van der Waals surface area contributed by atoms with Gasteiger partial charge in [-0.15, -0.1) is 0 Å². The highest BCUT2D eigenvalue weighted by molar-refractivity contribution is 9.10. The van der Waals surface area contributed by atoms with E-state index in [1.54, 1.807) is 19.4 Å². The topological polar surface area (TPSA) is 48.4 Å². The number of nitrogens with zero attached hydrogens (tertiary/aromatic N) is 1. The molecule has 2 rings (SSSR count). The summed E-state index contributed by atoms with van der Waals surface area (Å²) < 4.78 is 11.8. The average Bonchev–Trinajstić information content (AvgIpc) is 2.45. The molecule has 122 valence electrons. The molecule has 0 aliphatic carbocycles. The van der Waals surface area contributed by atoms with Gasteiger partial charge in [0.1, 0.15) is 11.4 Å². The maximum atomic E-state index is 12.6. The first kappa shape index (κ1) is 17.5. The Morgan fingerprint density at radius 2 is 1.87 bits per heavy atom. The van der Waals surface area contributed by atoms with Crippen LogP contribution in [0.1, 0.15) is 36.8 Å². The molecule has 0 saturated heterocycles. The Bertz CT molecular complexity index is 736. The fraction of sp³-hybridized carbons (Fsp3) is 0.333. The number of rotatable bonds is 3. The summed E-state index contributed by atoms with van der Waals surface area (Å²) >= 11 is 3.46. The van der Waals surface area contributed by atoms with Crippen LogP contribution in [0.5, 0.6) is 5.75 Å². The van der Waals surface area contributed by atoms with E-state index in [9.17, 15) is 4.79 Å². The van der Waals surface area contributed by atoms with Gasteiger partial charge in [0, 0.05) is 21.3 Å². The third kappa shape index (κ3) is 4.32. The maximum Gasteiger partial charge on any atom is 0.339 e. The van der Waals surface area contributed by atoms with E-state index in [4.69, 9.17) is 9.47 Å². The van der Waals surface area contributed by atoms with Crippen LogP contribution in [-0.4, -0.2) is 23.7 Å². The normalized spacial score (nSPS) is 11.2. The van der Waals surface area contributed by atoms with Crippen molar-refractivity contribution in [2.75, 3.05) is 7.11 Å². The molecule has 0 radical (unpaired) electrons. The first-order valence-corrected chi connectivity index (χ1v) is 8.04. The number of esters is 1. The van der Waals surface area contributed by atoms with Crippen molar-refractivity contribution < 1.29 is 14.3 Å². The number of methoxy groups -OCH3 is 1. The number of aromatic nitrogens is 1. The van der Waals surface area contributed by atoms with E-state index in [-0.39, 0.29) is 5.97 Å². The van der Waals surface area contributed by atoms with Crippen LogP contribution in [0.15, 0.2) is 34.9 Å². The van der Waals surface area contributed by atoms with Gasteiger partial charge in [0.15, 0.2) is 0 Å². The second kappa shape index (κ2) is 6.71. The molecule has 0 atom stereocenters. The SMILES string of the molecule is COc1cnc(C)cc1-c1cc(Br)ccc1C(=O)OC(C)(C)C. The molecule has 0 amide bonds. The van der Waals surface area contributed by atoms with E-state index in [1.165, 1.54) is 0 Å². The van der Waals surface area contributed by atoms with E-state index in [0.29, 0.717) is 11.3 Å². The Hall–Kier alpha value is -1.88. The molecule has 23 heavy (non-hydrogen) atoms. The molecule has 4 nitrogen and oxygen atoms in total. The molecule has 0 bridgehead atoms. The van der Waals surface area contributed by atoms with Crippen LogP contribution >= 0.6 is 15.9 Å². The molecule has 1 aromatic heterocycles. The second-order valence-electron chi connectivity index (χ2n) is 6.22. The zero-order valence-corrected chi connectivity index (χ0v) is 15.5. The van der Waals surface area contributed by atoms with Gasteiger partial charge in [-0.2, -0.15) is 0 Å². The molecule has 5 heteroatoms. The molecular weight excluding hydrogens is 358 g/mol. The van der Waals surface area contributed by atoms with E-state index in [1.807, 2.05) is 45.9 Å². The highest BCUT2D eigenvalue weighted by Crippen LogP contribution is 2.35. The molecule has 0 N–H and O–H groups in total. The van der Waals surface area contributed by atoms with Crippen LogP contribution in [0.3, 0.4) is 0 Å². The zero-order chi connectivity index (χ0) is 17.2. The Morgan fingerprint density at radius 3 is 2.48 bits per heavy atom. The van der Waals surface area contributed by atoms with Gasteiger partial charge in [0.05, 0.1) is 18.9 Å². The fourth-order valence-corrected chi connectivity index (χ4v) is 2.53. The van der Waals surface area contributed by atoms with Gasteiger partial charge < -0.3 is 9.47 Å². The van der Waals surface area contributed by atoms with Gasteiger partial charge in [-0.3, -0.25) is 4.98 Å². The summed E-state index contributed by atoms with van der Waals surface area (Å²) in [4.78, 5) is 16.8. The summed E-state index contributed by atoms with van der Waals surface area (Å²) in [6.45, 7) is 7.44. The number of pyridine rings is 1. The molecule has 0 fully saturated rings. The number of halogens is 1. The van der Waals surface area contributed by atoms with Crippen molar-refractivity contribution in [1.29, 1.82) is 0 Å². The zero-order valence-electron chi connectivity index (χ0n) is 13.9. The predicted molar refractivity (Wildman–Crippen MR) is 93.8 cm³/mol. The minimum absolute atomic E-state index is 0.364. The van der Waals surface area contributed by atoms with Crippen molar-refractivity contribution >= 4 is 21.9 Å². The van der Waals surface area contributed by atoms with Crippen LogP contribution in [0.25, 0.3) is 11.1 Å². The number of carbonyl (C=O) groups excluding carboxylic acids is 1. The van der Waals surface area contributed by atoms with Crippen LogP contribution in [0, 0.1) is 6.92 Å². The molecule has 0 unspecified atom stereocenters. The number of benzene rings is 1. The van der Waals surface area contributed by atoms with Gasteiger partial charge in [0.2, 0.25) is 0 Å². The van der Waals surface area contributed by atoms with Crippen molar-refractivity contribution in [3.05, 3.63) is 46.2 Å². The maximum absolute atomic E-state index is 12.6. The molecule has 0 aliphatic heterocycles. The summed E-state index contributed by atoms with van der Waals surface area (Å²) in [6.07, 6.45) is 1.66. The first-order chi connectivity index (χ1) is 10.7. The lowest BCUT2D eigenvalue weighted by Crippen LogP contribution is -2.24. The number of ether oxygens (including phenoxy) is 2. The third-order valence-electron chi connectivity index (χ3n) is 3.11. The van der Waals surface area contributed by atoms with E-state index < -0.39 is 5.60 Å². The second-order valence-corrected chi connectivity index (χ2v) is 7.13. The minimum atomic E-state index is -0.556. The van der Waals surface area contributed by atoms with E-state index in [2.05, 4.69) is 20.9 Å². The molecular formula is C18H20BrNO3. The van der Waals surface area contributed by atoms with Gasteiger partial charge in [-0.1, -0.05) is 15.9 Å². The lowest BCUT2D eigenvalue weighted by molar-refractivity contribution is 0.00704. The van der Waals surface area contributed by atoms with Crippen LogP contribution in [-0.2, 0) is 4.74 Å². The largest absolute Gasteiger partial charge is 0.494 e. The number of carbonyl (C=O) groups is 1. The molecule has 1 heterocycles. The summed E-state index contributed by atoms with van der Waals surface area (Å²) in [5.41, 5.74) is 2.33. The van der Waals surface area contributed by atoms with Crippen molar-refractivity contribution in [2.45, 2.75) is 33.3 Å². The lowest BCUT2D eigenvalue weighted by Gasteiger charge is -2.21. The summed E-state index contributed by atoms with van der Waals surface area (Å²) in [5, 5.41) is 0. The molecule has 2 aromatic rings. The lowest BCUT2D eigenvalue weighted by atomic mass is 9.99. The summed E-state index contributed by atoms with van der Waals surface area (Å²) in [6, 6.07) is 7.36. The Balaban J connectivity index is 2.61. The third-order valence-corrected chi connectivity index (χ3v) is 3.61. The van der Waals surface area contributed by atoms with Gasteiger partial charge in [-0.05, 0) is 52.0 Å². The molecule has 1 aromatic carbocycles.